The molecule has 0 saturated carbocycles. The van der Waals surface area contributed by atoms with Crippen molar-refractivity contribution in [1.29, 1.82) is 0 Å². The van der Waals surface area contributed by atoms with Crippen molar-refractivity contribution in [2.75, 3.05) is 13.6 Å². The number of piperidine rings is 1. The van der Waals surface area contributed by atoms with Gasteiger partial charge in [-0.3, -0.25) is 14.8 Å². The standard InChI is InChI=1S/C18H21N5O2/c1-23-8-3-2-7-13(23)17-20-14-10-5-4-6-12-11(9-19-22-12)15(10)25-16(14)18(24)21-17/h9,13H,2-8H2,1H3,(H,19,22)(H,20,21,24)/t13-/m1/s1. The summed E-state index contributed by atoms with van der Waals surface area (Å²) in [5, 5.41) is 7.22. The topological polar surface area (TPSA) is 90.8 Å². The molecule has 4 heterocycles. The molecule has 130 valence electrons. The van der Waals surface area contributed by atoms with Crippen LogP contribution in [0.5, 0.6) is 0 Å². The number of H-pyrrole nitrogens is 2. The van der Waals surface area contributed by atoms with Crippen molar-refractivity contribution < 1.29 is 4.42 Å². The van der Waals surface area contributed by atoms with Crippen LogP contribution in [0.2, 0.25) is 0 Å². The Balaban J connectivity index is 1.71. The van der Waals surface area contributed by atoms with Gasteiger partial charge >= 0.3 is 0 Å². The second-order valence-electron chi connectivity index (χ2n) is 7.13. The Hall–Kier alpha value is -2.41. The predicted molar refractivity (Wildman–Crippen MR) is 93.5 cm³/mol. The molecule has 1 fully saturated rings. The molecule has 1 aliphatic heterocycles. The number of nitrogens with one attached hydrogen (secondary N) is 2. The summed E-state index contributed by atoms with van der Waals surface area (Å²) >= 11 is 0. The first-order valence-corrected chi connectivity index (χ1v) is 9.01. The van der Waals surface area contributed by atoms with Crippen LogP contribution in [-0.4, -0.2) is 38.7 Å². The van der Waals surface area contributed by atoms with Crippen molar-refractivity contribution in [1.82, 2.24) is 25.1 Å². The van der Waals surface area contributed by atoms with Crippen molar-refractivity contribution in [2.45, 2.75) is 44.6 Å². The van der Waals surface area contributed by atoms with Gasteiger partial charge in [0.25, 0.3) is 5.56 Å². The van der Waals surface area contributed by atoms with Gasteiger partial charge in [-0.1, -0.05) is 6.42 Å². The van der Waals surface area contributed by atoms with Crippen molar-refractivity contribution in [2.24, 2.45) is 0 Å². The summed E-state index contributed by atoms with van der Waals surface area (Å²) < 4.78 is 5.98. The molecular formula is C18H21N5O2. The van der Waals surface area contributed by atoms with Gasteiger partial charge in [-0.05, 0) is 45.7 Å². The Bertz CT molecular complexity index is 999. The van der Waals surface area contributed by atoms with Crippen LogP contribution >= 0.6 is 0 Å². The Morgan fingerprint density at radius 2 is 2.20 bits per heavy atom. The average molecular weight is 339 g/mol. The van der Waals surface area contributed by atoms with Gasteiger partial charge in [0.2, 0.25) is 5.58 Å². The Labute approximate surface area is 144 Å². The zero-order valence-corrected chi connectivity index (χ0v) is 14.3. The van der Waals surface area contributed by atoms with Crippen molar-refractivity contribution in [3.63, 3.8) is 0 Å². The summed E-state index contributed by atoms with van der Waals surface area (Å²) in [7, 11) is 2.10. The van der Waals surface area contributed by atoms with E-state index in [2.05, 4.69) is 27.1 Å². The minimum Gasteiger partial charge on any atom is -0.448 e. The largest absolute Gasteiger partial charge is 0.448 e. The monoisotopic (exact) mass is 339 g/mol. The lowest BCUT2D eigenvalue weighted by molar-refractivity contribution is 0.179. The van der Waals surface area contributed by atoms with E-state index in [1.807, 2.05) is 6.20 Å². The Morgan fingerprint density at radius 1 is 1.28 bits per heavy atom. The van der Waals surface area contributed by atoms with Crippen LogP contribution in [0, 0.1) is 0 Å². The van der Waals surface area contributed by atoms with E-state index in [9.17, 15) is 4.79 Å². The van der Waals surface area contributed by atoms with Crippen LogP contribution in [0.4, 0.5) is 0 Å². The van der Waals surface area contributed by atoms with Crippen LogP contribution < -0.4 is 5.56 Å². The van der Waals surface area contributed by atoms with E-state index >= 15 is 0 Å². The number of aromatic nitrogens is 4. The second-order valence-corrected chi connectivity index (χ2v) is 7.13. The average Bonchev–Trinajstić information content (AvgIpc) is 3.17. The molecule has 7 nitrogen and oxygen atoms in total. The molecule has 0 bridgehead atoms. The maximum absolute atomic E-state index is 12.7. The number of nitrogens with zero attached hydrogens (tertiary/aromatic N) is 3. The number of rotatable bonds is 1. The fourth-order valence-electron chi connectivity index (χ4n) is 4.22. The summed E-state index contributed by atoms with van der Waals surface area (Å²) in [6, 6.07) is 0.173. The van der Waals surface area contributed by atoms with Crippen molar-refractivity contribution in [3.8, 4) is 11.3 Å². The van der Waals surface area contributed by atoms with Crippen molar-refractivity contribution in [3.05, 3.63) is 33.6 Å². The van der Waals surface area contributed by atoms with Gasteiger partial charge in [0.1, 0.15) is 17.1 Å². The van der Waals surface area contributed by atoms with Crippen LogP contribution in [0.25, 0.3) is 22.4 Å². The summed E-state index contributed by atoms with van der Waals surface area (Å²) in [6.45, 7) is 1.04. The summed E-state index contributed by atoms with van der Waals surface area (Å²) in [6.07, 6.45) is 7.99. The van der Waals surface area contributed by atoms with E-state index in [1.54, 1.807) is 0 Å². The summed E-state index contributed by atoms with van der Waals surface area (Å²) in [5.74, 6) is 1.52. The fraction of sp³-hybridized carbons (Fsp3) is 0.500. The van der Waals surface area contributed by atoms with E-state index < -0.39 is 0 Å². The molecule has 5 rings (SSSR count). The van der Waals surface area contributed by atoms with Crippen molar-refractivity contribution >= 4 is 11.1 Å². The molecule has 0 aromatic carbocycles. The molecule has 0 unspecified atom stereocenters. The van der Waals surface area contributed by atoms with Crippen LogP contribution in [0.15, 0.2) is 15.4 Å². The first-order chi connectivity index (χ1) is 12.2. The van der Waals surface area contributed by atoms with E-state index in [0.717, 1.165) is 66.2 Å². The van der Waals surface area contributed by atoms with Gasteiger partial charge < -0.3 is 9.40 Å². The first-order valence-electron chi connectivity index (χ1n) is 9.01. The molecule has 1 aliphatic carbocycles. The number of hydrogen-bond acceptors (Lipinski definition) is 5. The molecule has 2 N–H and O–H groups in total. The zero-order chi connectivity index (χ0) is 17.0. The minimum absolute atomic E-state index is 0.173. The molecule has 25 heavy (non-hydrogen) atoms. The van der Waals surface area contributed by atoms with Gasteiger partial charge in [0.05, 0.1) is 17.3 Å². The molecule has 3 aromatic heterocycles. The number of fused-ring (bicyclic) bond motifs is 5. The maximum Gasteiger partial charge on any atom is 0.294 e. The Morgan fingerprint density at radius 3 is 3.08 bits per heavy atom. The molecule has 1 saturated heterocycles. The first kappa shape index (κ1) is 14.9. The van der Waals surface area contributed by atoms with E-state index in [1.165, 1.54) is 12.8 Å². The van der Waals surface area contributed by atoms with Crippen LogP contribution in [0.3, 0.4) is 0 Å². The predicted octanol–water partition coefficient (Wildman–Crippen LogP) is 2.55. The third-order valence-electron chi connectivity index (χ3n) is 5.55. The van der Waals surface area contributed by atoms with E-state index in [-0.39, 0.29) is 11.6 Å². The highest BCUT2D eigenvalue weighted by Gasteiger charge is 2.28. The third-order valence-corrected chi connectivity index (χ3v) is 5.55. The summed E-state index contributed by atoms with van der Waals surface area (Å²) in [5.41, 5.74) is 3.88. The van der Waals surface area contributed by atoms with Crippen LogP contribution in [-0.2, 0) is 12.8 Å². The number of hydrogen-bond donors (Lipinski definition) is 2. The lowest BCUT2D eigenvalue weighted by Gasteiger charge is -2.31. The maximum atomic E-state index is 12.7. The van der Waals surface area contributed by atoms with Crippen LogP contribution in [0.1, 0.15) is 48.8 Å². The highest BCUT2D eigenvalue weighted by Crippen LogP contribution is 2.37. The molecule has 0 amide bonds. The number of furan rings is 1. The molecular weight excluding hydrogens is 318 g/mol. The van der Waals surface area contributed by atoms with E-state index in [4.69, 9.17) is 9.40 Å². The Kier molecular flexibility index (Phi) is 3.31. The normalized spacial score (nSPS) is 21.1. The van der Waals surface area contributed by atoms with Gasteiger partial charge in [0.15, 0.2) is 0 Å². The molecule has 2 aliphatic rings. The number of likely N-dealkylation sites (tertiary alicyclic amines) is 1. The smallest absolute Gasteiger partial charge is 0.294 e. The highest BCUT2D eigenvalue weighted by molar-refractivity contribution is 5.85. The van der Waals surface area contributed by atoms with Gasteiger partial charge in [-0.2, -0.15) is 5.10 Å². The SMILES string of the molecule is CN1CCCC[C@@H]1c1nc2c3c(oc2c(=O)[nH]1)-c1c[nH]nc1CCC3. The van der Waals surface area contributed by atoms with E-state index in [0.29, 0.717) is 5.58 Å². The lowest BCUT2D eigenvalue weighted by Crippen LogP contribution is -2.32. The van der Waals surface area contributed by atoms with Gasteiger partial charge in [-0.15, -0.1) is 0 Å². The van der Waals surface area contributed by atoms with Gasteiger partial charge in [-0.25, -0.2) is 4.98 Å². The number of aromatic amines is 2. The third kappa shape index (κ3) is 2.26. The summed E-state index contributed by atoms with van der Waals surface area (Å²) in [4.78, 5) is 22.8. The second kappa shape index (κ2) is 5.56. The highest BCUT2D eigenvalue weighted by atomic mass is 16.3. The fourth-order valence-corrected chi connectivity index (χ4v) is 4.22. The molecule has 3 aromatic rings. The minimum atomic E-state index is -0.183. The van der Waals surface area contributed by atoms with Gasteiger partial charge in [0, 0.05) is 11.8 Å². The lowest BCUT2D eigenvalue weighted by atomic mass is 10.0. The quantitative estimate of drug-likeness (QED) is 0.711. The number of aryl methyl sites for hydroxylation is 2. The molecule has 7 heteroatoms. The molecule has 0 radical (unpaired) electrons. The molecule has 1 atom stereocenters. The molecule has 0 spiro atoms. The zero-order valence-electron chi connectivity index (χ0n) is 14.3.